The third-order valence-corrected chi connectivity index (χ3v) is 3.99. The standard InChI is InChI=1S/C19H16ClFN4O/c1-12-10-17(18(26)23-13-8-9-16(21)15(20)11-13)24-19(22-12)25(2)14-6-4-3-5-7-14/h3-11H,1-2H3,(H,23,26). The first-order chi connectivity index (χ1) is 12.4. The summed E-state index contributed by atoms with van der Waals surface area (Å²) in [4.78, 5) is 23.0. The van der Waals surface area contributed by atoms with Crippen molar-refractivity contribution in [1.82, 2.24) is 9.97 Å². The maximum absolute atomic E-state index is 13.2. The minimum atomic E-state index is -0.547. The quantitative estimate of drug-likeness (QED) is 0.729. The topological polar surface area (TPSA) is 58.1 Å². The Balaban J connectivity index is 1.87. The van der Waals surface area contributed by atoms with Crippen molar-refractivity contribution in [2.24, 2.45) is 0 Å². The highest BCUT2D eigenvalue weighted by atomic mass is 35.5. The smallest absolute Gasteiger partial charge is 0.274 e. The Hall–Kier alpha value is -2.99. The number of aryl methyl sites for hydroxylation is 1. The predicted molar refractivity (Wildman–Crippen MR) is 101 cm³/mol. The summed E-state index contributed by atoms with van der Waals surface area (Å²) in [5.74, 6) is -0.575. The van der Waals surface area contributed by atoms with E-state index in [1.165, 1.54) is 18.2 Å². The van der Waals surface area contributed by atoms with Crippen LogP contribution in [0.2, 0.25) is 5.02 Å². The van der Waals surface area contributed by atoms with E-state index in [0.717, 1.165) is 5.69 Å². The Morgan fingerprint density at radius 2 is 1.85 bits per heavy atom. The molecule has 0 aliphatic rings. The van der Waals surface area contributed by atoms with Crippen LogP contribution < -0.4 is 10.2 Å². The van der Waals surface area contributed by atoms with Gasteiger partial charge in [-0.15, -0.1) is 0 Å². The second-order valence-corrected chi connectivity index (χ2v) is 6.08. The zero-order valence-electron chi connectivity index (χ0n) is 14.2. The number of nitrogens with one attached hydrogen (secondary N) is 1. The average Bonchev–Trinajstić information content (AvgIpc) is 2.64. The lowest BCUT2D eigenvalue weighted by Crippen LogP contribution is -2.19. The van der Waals surface area contributed by atoms with Gasteiger partial charge in [0, 0.05) is 24.1 Å². The van der Waals surface area contributed by atoms with Crippen LogP contribution >= 0.6 is 11.6 Å². The number of carbonyl (C=O) groups excluding carboxylic acids is 1. The molecule has 3 rings (SSSR count). The number of rotatable bonds is 4. The first-order valence-electron chi connectivity index (χ1n) is 7.85. The number of benzene rings is 2. The van der Waals surface area contributed by atoms with E-state index in [-0.39, 0.29) is 10.7 Å². The molecule has 0 aliphatic heterocycles. The Morgan fingerprint density at radius 3 is 2.54 bits per heavy atom. The SMILES string of the molecule is Cc1cc(C(=O)Nc2ccc(F)c(Cl)c2)nc(N(C)c2ccccc2)n1. The molecule has 1 amide bonds. The minimum Gasteiger partial charge on any atom is -0.321 e. The van der Waals surface area contributed by atoms with Crippen LogP contribution in [0.3, 0.4) is 0 Å². The summed E-state index contributed by atoms with van der Waals surface area (Å²) >= 11 is 5.74. The van der Waals surface area contributed by atoms with Gasteiger partial charge in [0.15, 0.2) is 0 Å². The third-order valence-electron chi connectivity index (χ3n) is 3.70. The molecule has 0 spiro atoms. The van der Waals surface area contributed by atoms with Crippen molar-refractivity contribution in [1.29, 1.82) is 0 Å². The second kappa shape index (κ2) is 7.49. The van der Waals surface area contributed by atoms with Gasteiger partial charge >= 0.3 is 0 Å². The van der Waals surface area contributed by atoms with E-state index in [9.17, 15) is 9.18 Å². The Kier molecular flexibility index (Phi) is 5.14. The Bertz CT molecular complexity index is 950. The van der Waals surface area contributed by atoms with E-state index in [1.54, 1.807) is 17.9 Å². The summed E-state index contributed by atoms with van der Waals surface area (Å²) in [7, 11) is 1.82. The molecule has 132 valence electrons. The van der Waals surface area contributed by atoms with Crippen molar-refractivity contribution in [2.45, 2.75) is 6.92 Å². The van der Waals surface area contributed by atoms with Gasteiger partial charge in [-0.2, -0.15) is 0 Å². The molecule has 0 bridgehead atoms. The van der Waals surface area contributed by atoms with Gasteiger partial charge < -0.3 is 10.2 Å². The summed E-state index contributed by atoms with van der Waals surface area (Å²) in [5, 5.41) is 2.60. The van der Waals surface area contributed by atoms with Crippen LogP contribution in [-0.4, -0.2) is 22.9 Å². The highest BCUT2D eigenvalue weighted by Gasteiger charge is 2.14. The maximum atomic E-state index is 13.2. The summed E-state index contributed by atoms with van der Waals surface area (Å²) in [5.41, 5.74) is 2.14. The van der Waals surface area contributed by atoms with Gasteiger partial charge in [0.05, 0.1) is 5.02 Å². The van der Waals surface area contributed by atoms with Crippen molar-refractivity contribution in [3.63, 3.8) is 0 Å². The third kappa shape index (κ3) is 3.97. The molecule has 26 heavy (non-hydrogen) atoms. The molecule has 1 N–H and O–H groups in total. The number of hydrogen-bond donors (Lipinski definition) is 1. The molecular formula is C19H16ClFN4O. The number of para-hydroxylation sites is 1. The summed E-state index contributed by atoms with van der Waals surface area (Å²) < 4.78 is 13.2. The van der Waals surface area contributed by atoms with Crippen LogP contribution in [0, 0.1) is 12.7 Å². The van der Waals surface area contributed by atoms with Crippen LogP contribution in [-0.2, 0) is 0 Å². The van der Waals surface area contributed by atoms with Gasteiger partial charge in [0.2, 0.25) is 5.95 Å². The molecule has 5 nitrogen and oxygen atoms in total. The Labute approximate surface area is 155 Å². The number of nitrogens with zero attached hydrogens (tertiary/aromatic N) is 3. The Morgan fingerprint density at radius 1 is 1.12 bits per heavy atom. The van der Waals surface area contributed by atoms with E-state index in [2.05, 4.69) is 15.3 Å². The molecule has 0 unspecified atom stereocenters. The number of halogens is 2. The van der Waals surface area contributed by atoms with Gasteiger partial charge in [-0.1, -0.05) is 29.8 Å². The predicted octanol–water partition coefficient (Wildman–Crippen LogP) is 4.60. The molecule has 0 saturated carbocycles. The van der Waals surface area contributed by atoms with Gasteiger partial charge in [-0.3, -0.25) is 4.79 Å². The van der Waals surface area contributed by atoms with Gasteiger partial charge in [0.25, 0.3) is 5.91 Å². The highest BCUT2D eigenvalue weighted by Crippen LogP contribution is 2.22. The minimum absolute atomic E-state index is 0.0637. The lowest BCUT2D eigenvalue weighted by atomic mass is 10.2. The van der Waals surface area contributed by atoms with Crippen LogP contribution in [0.15, 0.2) is 54.6 Å². The van der Waals surface area contributed by atoms with Crippen molar-refractivity contribution in [3.05, 3.63) is 76.8 Å². The van der Waals surface area contributed by atoms with Crippen LogP contribution in [0.5, 0.6) is 0 Å². The molecule has 7 heteroatoms. The first kappa shape index (κ1) is 17.8. The molecule has 1 heterocycles. The van der Waals surface area contributed by atoms with E-state index >= 15 is 0 Å². The maximum Gasteiger partial charge on any atom is 0.274 e. The number of anilines is 3. The zero-order chi connectivity index (χ0) is 18.7. The highest BCUT2D eigenvalue weighted by molar-refractivity contribution is 6.31. The number of hydrogen-bond acceptors (Lipinski definition) is 4. The molecule has 1 aromatic heterocycles. The molecule has 0 fully saturated rings. The number of amides is 1. The molecular weight excluding hydrogens is 355 g/mol. The second-order valence-electron chi connectivity index (χ2n) is 5.67. The van der Waals surface area contributed by atoms with E-state index < -0.39 is 11.7 Å². The van der Waals surface area contributed by atoms with Crippen molar-refractivity contribution >= 4 is 34.8 Å². The van der Waals surface area contributed by atoms with Crippen LogP contribution in [0.4, 0.5) is 21.7 Å². The molecule has 3 aromatic rings. The number of carbonyl (C=O) groups is 1. The van der Waals surface area contributed by atoms with E-state index in [4.69, 9.17) is 11.6 Å². The van der Waals surface area contributed by atoms with E-state index in [1.807, 2.05) is 37.4 Å². The molecule has 0 radical (unpaired) electrons. The number of aromatic nitrogens is 2. The largest absolute Gasteiger partial charge is 0.321 e. The van der Waals surface area contributed by atoms with E-state index in [0.29, 0.717) is 17.3 Å². The normalized spacial score (nSPS) is 10.5. The van der Waals surface area contributed by atoms with Crippen molar-refractivity contribution in [3.8, 4) is 0 Å². The summed E-state index contributed by atoms with van der Waals surface area (Å²) in [6.45, 7) is 1.79. The first-order valence-corrected chi connectivity index (χ1v) is 8.22. The van der Waals surface area contributed by atoms with Gasteiger partial charge in [-0.25, -0.2) is 14.4 Å². The summed E-state index contributed by atoms with van der Waals surface area (Å²) in [6, 6.07) is 15.1. The molecule has 0 atom stereocenters. The van der Waals surface area contributed by atoms with Crippen LogP contribution in [0.1, 0.15) is 16.2 Å². The average molecular weight is 371 g/mol. The fourth-order valence-electron chi connectivity index (χ4n) is 2.36. The van der Waals surface area contributed by atoms with Crippen LogP contribution in [0.25, 0.3) is 0 Å². The monoisotopic (exact) mass is 370 g/mol. The molecule has 0 aliphatic carbocycles. The lowest BCUT2D eigenvalue weighted by Gasteiger charge is -2.18. The van der Waals surface area contributed by atoms with Gasteiger partial charge in [0.1, 0.15) is 11.5 Å². The fraction of sp³-hybridized carbons (Fsp3) is 0.105. The zero-order valence-corrected chi connectivity index (χ0v) is 15.0. The molecule has 0 saturated heterocycles. The lowest BCUT2D eigenvalue weighted by molar-refractivity contribution is 0.102. The van der Waals surface area contributed by atoms with Crippen molar-refractivity contribution < 1.29 is 9.18 Å². The van der Waals surface area contributed by atoms with Crippen molar-refractivity contribution in [2.75, 3.05) is 17.3 Å². The van der Waals surface area contributed by atoms with Gasteiger partial charge in [-0.05, 0) is 43.3 Å². The summed E-state index contributed by atoms with van der Waals surface area (Å²) in [6.07, 6.45) is 0. The molecule has 2 aromatic carbocycles. The fourth-order valence-corrected chi connectivity index (χ4v) is 2.54.